The molecule has 0 unspecified atom stereocenters. The number of tetrazole rings is 1. The van der Waals surface area contributed by atoms with Crippen LogP contribution in [0.2, 0.25) is 0 Å². The number of rotatable bonds is 3. The number of nitrogens with zero attached hydrogens (tertiary/aromatic N) is 5. The van der Waals surface area contributed by atoms with Gasteiger partial charge in [0.25, 0.3) is 0 Å². The van der Waals surface area contributed by atoms with Crippen molar-refractivity contribution >= 4 is 11.6 Å². The quantitative estimate of drug-likeness (QED) is 0.552. The van der Waals surface area contributed by atoms with Gasteiger partial charge in [-0.2, -0.15) is 4.68 Å². The predicted molar refractivity (Wildman–Crippen MR) is 114 cm³/mol. The molecule has 2 aliphatic heterocycles. The molecular formula is C23H18N6O2. The third-order valence-corrected chi connectivity index (χ3v) is 5.66. The smallest absolute Gasteiger partial charge is 0.248 e. The van der Waals surface area contributed by atoms with E-state index in [4.69, 9.17) is 9.47 Å². The Bertz CT molecular complexity index is 1280. The average molecular weight is 410 g/mol. The number of para-hydroxylation sites is 1. The highest BCUT2D eigenvalue weighted by Crippen LogP contribution is 2.50. The summed E-state index contributed by atoms with van der Waals surface area (Å²) >= 11 is 0. The molecule has 2 atom stereocenters. The Labute approximate surface area is 178 Å². The summed E-state index contributed by atoms with van der Waals surface area (Å²) in [5, 5.41) is 15.8. The van der Waals surface area contributed by atoms with Crippen LogP contribution >= 0.6 is 0 Å². The molecule has 0 spiro atoms. The van der Waals surface area contributed by atoms with Crippen LogP contribution in [0, 0.1) is 0 Å². The zero-order valence-corrected chi connectivity index (χ0v) is 16.6. The summed E-state index contributed by atoms with van der Waals surface area (Å²) in [4.78, 5) is 4.34. The van der Waals surface area contributed by atoms with E-state index in [1.165, 1.54) is 0 Å². The minimum Gasteiger partial charge on any atom is -0.497 e. The molecule has 2 aliphatic rings. The molecule has 31 heavy (non-hydrogen) atoms. The number of methoxy groups -OCH3 is 1. The maximum absolute atomic E-state index is 6.56. The van der Waals surface area contributed by atoms with Crippen molar-refractivity contribution in [1.29, 1.82) is 0 Å². The fraction of sp³-hybridized carbons (Fsp3) is 0.130. The minimum atomic E-state index is -0.342. The molecule has 0 amide bonds. The first kappa shape index (κ1) is 17.6. The van der Waals surface area contributed by atoms with E-state index in [1.54, 1.807) is 18.0 Å². The minimum absolute atomic E-state index is 0.268. The maximum Gasteiger partial charge on any atom is 0.248 e. The maximum atomic E-state index is 6.56. The summed E-state index contributed by atoms with van der Waals surface area (Å²) in [7, 11) is 1.66. The van der Waals surface area contributed by atoms with Gasteiger partial charge in [0, 0.05) is 23.5 Å². The molecule has 0 radical (unpaired) electrons. The summed E-state index contributed by atoms with van der Waals surface area (Å²) in [6, 6.07) is 19.6. The topological polar surface area (TPSA) is 87.0 Å². The van der Waals surface area contributed by atoms with Gasteiger partial charge in [0.1, 0.15) is 23.6 Å². The van der Waals surface area contributed by atoms with Crippen LogP contribution in [0.3, 0.4) is 0 Å². The van der Waals surface area contributed by atoms with Crippen LogP contribution in [0.25, 0.3) is 5.70 Å². The van der Waals surface area contributed by atoms with E-state index >= 15 is 0 Å². The van der Waals surface area contributed by atoms with Crippen molar-refractivity contribution in [2.45, 2.75) is 12.1 Å². The van der Waals surface area contributed by atoms with Crippen molar-refractivity contribution in [3.05, 3.63) is 95.3 Å². The Kier molecular flexibility index (Phi) is 3.95. The molecule has 8 nitrogen and oxygen atoms in total. The van der Waals surface area contributed by atoms with E-state index in [2.05, 4.69) is 25.8 Å². The summed E-state index contributed by atoms with van der Waals surface area (Å²) in [6.07, 6.45) is 3.26. The molecule has 1 N–H and O–H groups in total. The standard InChI is InChI=1S/C23H18N6O2/c1-30-16-10-8-14(9-11-16)22-19-20(17-6-2-3-7-18(17)31-22)25-23-26-27-28-29(23)21(19)15-5-4-12-24-13-15/h2-13,21-22H,1H3,(H,25,26,28)/t21-,22-/m0/s1. The molecule has 0 fully saturated rings. The number of ether oxygens (including phenoxy) is 2. The van der Waals surface area contributed by atoms with Crippen LogP contribution in [-0.4, -0.2) is 32.3 Å². The van der Waals surface area contributed by atoms with Crippen LogP contribution in [0.1, 0.15) is 28.8 Å². The lowest BCUT2D eigenvalue weighted by molar-refractivity contribution is 0.222. The van der Waals surface area contributed by atoms with Gasteiger partial charge in [0.05, 0.1) is 12.8 Å². The number of hydrogen-bond acceptors (Lipinski definition) is 7. The van der Waals surface area contributed by atoms with Crippen LogP contribution < -0.4 is 14.8 Å². The van der Waals surface area contributed by atoms with Crippen LogP contribution in [0.5, 0.6) is 11.5 Å². The van der Waals surface area contributed by atoms with Gasteiger partial charge in [0.2, 0.25) is 5.95 Å². The monoisotopic (exact) mass is 410 g/mol. The van der Waals surface area contributed by atoms with E-state index in [0.717, 1.165) is 39.5 Å². The van der Waals surface area contributed by atoms with E-state index < -0.39 is 0 Å². The van der Waals surface area contributed by atoms with Crippen molar-refractivity contribution in [3.8, 4) is 11.5 Å². The van der Waals surface area contributed by atoms with Crippen molar-refractivity contribution in [2.24, 2.45) is 0 Å². The lowest BCUT2D eigenvalue weighted by Gasteiger charge is -2.38. The number of fused-ring (bicyclic) bond motifs is 3. The van der Waals surface area contributed by atoms with Gasteiger partial charge in [-0.3, -0.25) is 4.98 Å². The number of aromatic nitrogens is 5. The molecule has 2 aromatic carbocycles. The molecule has 152 valence electrons. The number of nitrogens with one attached hydrogen (secondary N) is 1. The molecule has 4 heterocycles. The Morgan fingerprint density at radius 3 is 2.68 bits per heavy atom. The number of anilines is 1. The molecule has 6 rings (SSSR count). The highest BCUT2D eigenvalue weighted by Gasteiger charge is 2.41. The van der Waals surface area contributed by atoms with Gasteiger partial charge in [-0.05, 0) is 51.9 Å². The normalized spacial score (nSPS) is 18.9. The molecular weight excluding hydrogens is 392 g/mol. The fourth-order valence-corrected chi connectivity index (χ4v) is 4.25. The summed E-state index contributed by atoms with van der Waals surface area (Å²) < 4.78 is 13.7. The van der Waals surface area contributed by atoms with Crippen LogP contribution in [0.15, 0.2) is 78.6 Å². The van der Waals surface area contributed by atoms with Gasteiger partial charge in [-0.15, -0.1) is 0 Å². The van der Waals surface area contributed by atoms with Crippen LogP contribution in [0.4, 0.5) is 5.95 Å². The first-order valence-corrected chi connectivity index (χ1v) is 9.92. The van der Waals surface area contributed by atoms with Crippen molar-refractivity contribution < 1.29 is 9.47 Å². The lowest BCUT2D eigenvalue weighted by Crippen LogP contribution is -2.32. The lowest BCUT2D eigenvalue weighted by atomic mass is 9.85. The highest BCUT2D eigenvalue weighted by molar-refractivity contribution is 5.85. The first-order valence-electron chi connectivity index (χ1n) is 9.92. The predicted octanol–water partition coefficient (Wildman–Crippen LogP) is 3.64. The Balaban J connectivity index is 1.60. The molecule has 0 bridgehead atoms. The second kappa shape index (κ2) is 6.94. The fourth-order valence-electron chi connectivity index (χ4n) is 4.25. The van der Waals surface area contributed by atoms with E-state index in [9.17, 15) is 0 Å². The van der Waals surface area contributed by atoms with Crippen molar-refractivity contribution in [3.63, 3.8) is 0 Å². The SMILES string of the molecule is COc1ccc([C@@H]2Oc3ccccc3C3=C2[C@H](c2cccnc2)n2nnnc2N3)cc1. The molecule has 2 aromatic heterocycles. The van der Waals surface area contributed by atoms with Crippen LogP contribution in [-0.2, 0) is 0 Å². The third kappa shape index (κ3) is 2.76. The third-order valence-electron chi connectivity index (χ3n) is 5.66. The second-order valence-electron chi connectivity index (χ2n) is 7.36. The number of hydrogen-bond donors (Lipinski definition) is 1. The highest BCUT2D eigenvalue weighted by atomic mass is 16.5. The van der Waals surface area contributed by atoms with E-state index in [1.807, 2.05) is 66.9 Å². The van der Waals surface area contributed by atoms with Crippen molar-refractivity contribution in [1.82, 2.24) is 25.2 Å². The number of pyridine rings is 1. The van der Waals surface area contributed by atoms with Gasteiger partial charge in [-0.1, -0.05) is 35.4 Å². The van der Waals surface area contributed by atoms with Gasteiger partial charge in [-0.25, -0.2) is 0 Å². The Hall–Kier alpha value is -4.20. The second-order valence-corrected chi connectivity index (χ2v) is 7.36. The largest absolute Gasteiger partial charge is 0.497 e. The Morgan fingerprint density at radius 1 is 1.00 bits per heavy atom. The molecule has 0 saturated carbocycles. The van der Waals surface area contributed by atoms with Gasteiger partial charge < -0.3 is 14.8 Å². The van der Waals surface area contributed by atoms with Crippen molar-refractivity contribution in [2.75, 3.05) is 12.4 Å². The number of benzene rings is 2. The van der Waals surface area contributed by atoms with Gasteiger partial charge >= 0.3 is 0 Å². The van der Waals surface area contributed by atoms with E-state index in [0.29, 0.717) is 5.95 Å². The first-order chi connectivity index (χ1) is 15.3. The summed E-state index contributed by atoms with van der Waals surface area (Å²) in [5.41, 5.74) is 4.95. The molecule has 8 heteroatoms. The molecule has 0 saturated heterocycles. The zero-order chi connectivity index (χ0) is 20.8. The molecule has 0 aliphatic carbocycles. The molecule has 4 aromatic rings. The van der Waals surface area contributed by atoms with Gasteiger partial charge in [0.15, 0.2) is 0 Å². The Morgan fingerprint density at radius 2 is 1.87 bits per heavy atom. The summed E-state index contributed by atoms with van der Waals surface area (Å²) in [6.45, 7) is 0. The summed E-state index contributed by atoms with van der Waals surface area (Å²) in [5.74, 6) is 2.18. The zero-order valence-electron chi connectivity index (χ0n) is 16.6. The van der Waals surface area contributed by atoms with E-state index in [-0.39, 0.29) is 12.1 Å². The average Bonchev–Trinajstić information content (AvgIpc) is 3.31.